The summed E-state index contributed by atoms with van der Waals surface area (Å²) < 4.78 is 7.37. The number of nitrogens with zero attached hydrogens (tertiary/aromatic N) is 6. The van der Waals surface area contributed by atoms with Crippen molar-refractivity contribution in [2.75, 3.05) is 26.3 Å². The molecule has 1 atom stereocenters. The van der Waals surface area contributed by atoms with E-state index >= 15 is 0 Å². The van der Waals surface area contributed by atoms with Crippen molar-refractivity contribution in [2.45, 2.75) is 12.6 Å². The molecule has 0 N–H and O–H groups in total. The predicted octanol–water partition coefficient (Wildman–Crippen LogP) is 1.54. The summed E-state index contributed by atoms with van der Waals surface area (Å²) in [6.45, 7) is 3.73. The van der Waals surface area contributed by atoms with Gasteiger partial charge < -0.3 is 4.74 Å². The van der Waals surface area contributed by atoms with Gasteiger partial charge in [-0.15, -0.1) is 5.10 Å². The Balaban J connectivity index is 1.69. The van der Waals surface area contributed by atoms with Gasteiger partial charge in [0.15, 0.2) is 5.82 Å². The van der Waals surface area contributed by atoms with Gasteiger partial charge >= 0.3 is 0 Å². The Bertz CT molecular complexity index is 786. The normalized spacial score (nSPS) is 16.6. The molecule has 0 aliphatic carbocycles. The van der Waals surface area contributed by atoms with E-state index in [2.05, 4.69) is 37.5 Å². The Morgan fingerprint density at radius 1 is 1.00 bits per heavy atom. The second-order valence-corrected chi connectivity index (χ2v) is 5.99. The van der Waals surface area contributed by atoms with Crippen molar-refractivity contribution in [1.82, 2.24) is 30.1 Å². The van der Waals surface area contributed by atoms with E-state index in [9.17, 15) is 0 Å². The van der Waals surface area contributed by atoms with E-state index in [-0.39, 0.29) is 6.04 Å². The number of benzene rings is 1. The number of ether oxygens (including phenoxy) is 1. The molecule has 1 aliphatic rings. The van der Waals surface area contributed by atoms with Crippen LogP contribution >= 0.6 is 0 Å². The minimum absolute atomic E-state index is 0.0798. The highest BCUT2D eigenvalue weighted by molar-refractivity contribution is 5.19. The van der Waals surface area contributed by atoms with Gasteiger partial charge in [-0.2, -0.15) is 0 Å². The lowest BCUT2D eigenvalue weighted by Crippen LogP contribution is -2.41. The molecule has 25 heavy (non-hydrogen) atoms. The number of pyridine rings is 1. The second-order valence-electron chi connectivity index (χ2n) is 5.99. The van der Waals surface area contributed by atoms with Crippen molar-refractivity contribution < 1.29 is 4.74 Å². The molecule has 0 amide bonds. The quantitative estimate of drug-likeness (QED) is 0.704. The van der Waals surface area contributed by atoms with E-state index in [4.69, 9.17) is 4.74 Å². The fourth-order valence-electron chi connectivity index (χ4n) is 3.13. The average molecular weight is 336 g/mol. The van der Waals surface area contributed by atoms with Crippen LogP contribution in [0.4, 0.5) is 0 Å². The molecule has 4 rings (SSSR count). The summed E-state index contributed by atoms with van der Waals surface area (Å²) in [4.78, 5) is 6.90. The summed E-state index contributed by atoms with van der Waals surface area (Å²) in [6.07, 6.45) is 1.81. The molecular formula is C18H20N6O. The molecule has 1 saturated heterocycles. The number of aromatic nitrogens is 5. The zero-order valence-corrected chi connectivity index (χ0v) is 13.9. The predicted molar refractivity (Wildman–Crippen MR) is 91.8 cm³/mol. The van der Waals surface area contributed by atoms with E-state index in [1.165, 1.54) is 0 Å². The smallest absolute Gasteiger partial charge is 0.174 e. The van der Waals surface area contributed by atoms with Crippen LogP contribution < -0.4 is 0 Å². The number of tetrazole rings is 1. The molecule has 0 bridgehead atoms. The molecule has 3 aromatic rings. The minimum atomic E-state index is -0.0798. The lowest BCUT2D eigenvalue weighted by molar-refractivity contribution is 0.0209. The molecule has 0 spiro atoms. The average Bonchev–Trinajstić information content (AvgIpc) is 3.12. The fourth-order valence-corrected chi connectivity index (χ4v) is 3.13. The topological polar surface area (TPSA) is 69.0 Å². The Morgan fingerprint density at radius 2 is 1.80 bits per heavy atom. The standard InChI is InChI=1S/C18H20N6O/c1-2-6-15(7-3-1)14-24-18(20-21-22-24)17(16-8-4-5-9-19-16)23-10-12-25-13-11-23/h1-9,17H,10-14H2/t17-/m1/s1. The number of hydrogen-bond acceptors (Lipinski definition) is 6. The van der Waals surface area contributed by atoms with Crippen LogP contribution in [0.3, 0.4) is 0 Å². The molecule has 0 unspecified atom stereocenters. The third-order valence-electron chi connectivity index (χ3n) is 4.36. The molecule has 1 aromatic carbocycles. The van der Waals surface area contributed by atoms with Gasteiger partial charge in [-0.1, -0.05) is 36.4 Å². The fraction of sp³-hybridized carbons (Fsp3) is 0.333. The first-order valence-electron chi connectivity index (χ1n) is 8.44. The van der Waals surface area contributed by atoms with E-state index in [1.54, 1.807) is 0 Å². The van der Waals surface area contributed by atoms with Crippen molar-refractivity contribution >= 4 is 0 Å². The molecule has 1 fully saturated rings. The van der Waals surface area contributed by atoms with Crippen LogP contribution in [-0.4, -0.2) is 56.4 Å². The number of hydrogen-bond donors (Lipinski definition) is 0. The van der Waals surface area contributed by atoms with Crippen LogP contribution in [0.15, 0.2) is 54.7 Å². The Labute approximate surface area is 146 Å². The van der Waals surface area contributed by atoms with Crippen molar-refractivity contribution in [2.24, 2.45) is 0 Å². The third-order valence-corrected chi connectivity index (χ3v) is 4.36. The van der Waals surface area contributed by atoms with Crippen molar-refractivity contribution in [3.05, 3.63) is 71.8 Å². The summed E-state index contributed by atoms with van der Waals surface area (Å²) >= 11 is 0. The SMILES string of the molecule is c1ccc(Cn2nnnc2[C@@H](c2ccccn2)N2CCOCC2)cc1. The highest BCUT2D eigenvalue weighted by Crippen LogP contribution is 2.26. The Kier molecular flexibility index (Phi) is 4.76. The van der Waals surface area contributed by atoms with Gasteiger partial charge in [0.25, 0.3) is 0 Å². The summed E-state index contributed by atoms with van der Waals surface area (Å²) in [5.41, 5.74) is 2.12. The van der Waals surface area contributed by atoms with Gasteiger partial charge in [-0.05, 0) is 28.1 Å². The van der Waals surface area contributed by atoms with E-state index in [1.807, 2.05) is 47.3 Å². The van der Waals surface area contributed by atoms with Gasteiger partial charge in [0.05, 0.1) is 25.5 Å². The number of morpholine rings is 1. The molecular weight excluding hydrogens is 316 g/mol. The van der Waals surface area contributed by atoms with Gasteiger partial charge in [0, 0.05) is 19.3 Å². The van der Waals surface area contributed by atoms with Crippen molar-refractivity contribution in [1.29, 1.82) is 0 Å². The van der Waals surface area contributed by atoms with Crippen LogP contribution in [0.2, 0.25) is 0 Å². The molecule has 0 saturated carbocycles. The van der Waals surface area contributed by atoms with Crippen LogP contribution in [0.1, 0.15) is 23.1 Å². The van der Waals surface area contributed by atoms with Gasteiger partial charge in [-0.25, -0.2) is 4.68 Å². The largest absolute Gasteiger partial charge is 0.379 e. The highest BCUT2D eigenvalue weighted by atomic mass is 16.5. The molecule has 3 heterocycles. The second kappa shape index (κ2) is 7.50. The van der Waals surface area contributed by atoms with Gasteiger partial charge in [-0.3, -0.25) is 9.88 Å². The molecule has 0 radical (unpaired) electrons. The lowest BCUT2D eigenvalue weighted by Gasteiger charge is -2.33. The zero-order chi connectivity index (χ0) is 16.9. The van der Waals surface area contributed by atoms with E-state index in [0.717, 1.165) is 30.2 Å². The van der Waals surface area contributed by atoms with Crippen LogP contribution in [0, 0.1) is 0 Å². The summed E-state index contributed by atoms with van der Waals surface area (Å²) in [5.74, 6) is 0.810. The van der Waals surface area contributed by atoms with Crippen LogP contribution in [-0.2, 0) is 11.3 Å². The van der Waals surface area contributed by atoms with Crippen LogP contribution in [0.5, 0.6) is 0 Å². The summed E-state index contributed by atoms with van der Waals surface area (Å²) in [7, 11) is 0. The van der Waals surface area contributed by atoms with Crippen molar-refractivity contribution in [3.8, 4) is 0 Å². The van der Waals surface area contributed by atoms with Crippen LogP contribution in [0.25, 0.3) is 0 Å². The summed E-state index contributed by atoms with van der Waals surface area (Å²) in [5, 5.41) is 12.5. The zero-order valence-electron chi connectivity index (χ0n) is 13.9. The summed E-state index contributed by atoms with van der Waals surface area (Å²) in [6, 6.07) is 16.1. The maximum atomic E-state index is 5.51. The van der Waals surface area contributed by atoms with Gasteiger partial charge in [0.1, 0.15) is 6.04 Å². The molecule has 2 aromatic heterocycles. The molecule has 7 heteroatoms. The first kappa shape index (κ1) is 15.9. The maximum absolute atomic E-state index is 5.51. The Morgan fingerprint density at radius 3 is 2.56 bits per heavy atom. The van der Waals surface area contributed by atoms with Gasteiger partial charge in [0.2, 0.25) is 0 Å². The number of rotatable bonds is 5. The third kappa shape index (κ3) is 3.57. The van der Waals surface area contributed by atoms with Crippen molar-refractivity contribution in [3.63, 3.8) is 0 Å². The molecule has 1 aliphatic heterocycles. The minimum Gasteiger partial charge on any atom is -0.379 e. The Hall–Kier alpha value is -2.64. The maximum Gasteiger partial charge on any atom is 0.174 e. The van der Waals surface area contributed by atoms with E-state index in [0.29, 0.717) is 19.8 Å². The monoisotopic (exact) mass is 336 g/mol. The lowest BCUT2D eigenvalue weighted by atomic mass is 10.1. The van der Waals surface area contributed by atoms with E-state index < -0.39 is 0 Å². The highest BCUT2D eigenvalue weighted by Gasteiger charge is 2.30. The first-order valence-corrected chi connectivity index (χ1v) is 8.44. The molecule has 128 valence electrons. The molecule has 7 nitrogen and oxygen atoms in total. The first-order chi connectivity index (χ1) is 12.4.